The van der Waals surface area contributed by atoms with Gasteiger partial charge in [0.25, 0.3) is 0 Å². The Hall–Kier alpha value is -2.18. The van der Waals surface area contributed by atoms with Crippen molar-refractivity contribution in [1.82, 2.24) is 14.8 Å². The van der Waals surface area contributed by atoms with E-state index >= 15 is 0 Å². The number of carbonyl (C=O) groups excluding carboxylic acids is 3. The van der Waals surface area contributed by atoms with Crippen LogP contribution in [0, 0.1) is 18.8 Å². The number of aryl methyl sites for hydroxylation is 1. The van der Waals surface area contributed by atoms with Crippen LogP contribution in [0.2, 0.25) is 5.02 Å². The van der Waals surface area contributed by atoms with Gasteiger partial charge in [0, 0.05) is 53.6 Å². The molecule has 4 rings (SSSR count). The van der Waals surface area contributed by atoms with Crippen molar-refractivity contribution in [3.05, 3.63) is 34.5 Å². The first-order valence-corrected chi connectivity index (χ1v) is 13.9. The van der Waals surface area contributed by atoms with Crippen LogP contribution in [0.25, 0.3) is 10.9 Å². The van der Waals surface area contributed by atoms with E-state index in [1.54, 1.807) is 14.0 Å². The molecule has 2 fully saturated rings. The van der Waals surface area contributed by atoms with Crippen LogP contribution in [0.15, 0.2) is 18.3 Å². The third-order valence-electron chi connectivity index (χ3n) is 8.48. The lowest BCUT2D eigenvalue weighted by Crippen LogP contribution is -2.45. The van der Waals surface area contributed by atoms with E-state index in [2.05, 4.69) is 9.88 Å². The van der Waals surface area contributed by atoms with Gasteiger partial charge in [-0.05, 0) is 77.1 Å². The first kappa shape index (κ1) is 26.9. The van der Waals surface area contributed by atoms with Gasteiger partial charge in [0.1, 0.15) is 5.78 Å². The molecule has 0 spiro atoms. The molecule has 196 valence electrons. The number of nitrogens with zero attached hydrogens (tertiary/aromatic N) is 2. The van der Waals surface area contributed by atoms with Crippen LogP contribution >= 0.6 is 11.6 Å². The van der Waals surface area contributed by atoms with Crippen molar-refractivity contribution in [3.8, 4) is 0 Å². The molecule has 36 heavy (non-hydrogen) atoms. The second kappa shape index (κ2) is 11.5. The number of nitrogens with one attached hydrogen (secondary N) is 1. The first-order chi connectivity index (χ1) is 17.2. The van der Waals surface area contributed by atoms with E-state index < -0.39 is 0 Å². The second-order valence-corrected chi connectivity index (χ2v) is 11.3. The molecule has 2 heterocycles. The molecule has 1 saturated carbocycles. The van der Waals surface area contributed by atoms with E-state index in [1.165, 1.54) is 6.42 Å². The Morgan fingerprint density at radius 3 is 2.50 bits per heavy atom. The highest BCUT2D eigenvalue weighted by Crippen LogP contribution is 2.36. The predicted molar refractivity (Wildman–Crippen MR) is 145 cm³/mol. The maximum absolute atomic E-state index is 14.0. The van der Waals surface area contributed by atoms with Crippen molar-refractivity contribution in [2.45, 2.75) is 90.8 Å². The molecule has 1 aliphatic carbocycles. The Kier molecular flexibility index (Phi) is 8.56. The monoisotopic (exact) mass is 513 g/mol. The number of benzene rings is 1. The van der Waals surface area contributed by atoms with Crippen LogP contribution in [-0.4, -0.2) is 52.6 Å². The Labute approximate surface area is 219 Å². The standard InChI is InChI=1S/C29H40ClN3O3/c1-18-13-24-25(20(3)34)17-32(27(24)15-26(18)30)16-22-11-8-12-33(22)29(36)23(14-28(35)19(2)31-4)21-9-6-5-7-10-21/h13,15,17,19,21-23,31H,5-12,14,16H2,1-4H3. The number of rotatable bonds is 9. The number of hydrogen-bond acceptors (Lipinski definition) is 4. The van der Waals surface area contributed by atoms with Gasteiger partial charge in [0.05, 0.1) is 11.6 Å². The van der Waals surface area contributed by atoms with Gasteiger partial charge in [0.15, 0.2) is 5.78 Å². The molecule has 0 radical (unpaired) electrons. The number of amides is 1. The summed E-state index contributed by atoms with van der Waals surface area (Å²) in [5, 5.41) is 4.63. The molecule has 3 atom stereocenters. The fraction of sp³-hybridized carbons (Fsp3) is 0.621. The van der Waals surface area contributed by atoms with Gasteiger partial charge in [0.2, 0.25) is 5.91 Å². The van der Waals surface area contributed by atoms with Crippen molar-refractivity contribution in [1.29, 1.82) is 0 Å². The molecule has 1 aromatic carbocycles. The summed E-state index contributed by atoms with van der Waals surface area (Å²) in [5.74, 6) is 0.303. The number of likely N-dealkylation sites (N-methyl/N-ethyl adjacent to an activating group) is 1. The normalized spacial score (nSPS) is 20.6. The summed E-state index contributed by atoms with van der Waals surface area (Å²) >= 11 is 6.46. The first-order valence-electron chi connectivity index (χ1n) is 13.5. The molecule has 1 N–H and O–H groups in total. The highest BCUT2D eigenvalue weighted by molar-refractivity contribution is 6.32. The molecule has 2 aromatic rings. The van der Waals surface area contributed by atoms with Gasteiger partial charge in [-0.2, -0.15) is 0 Å². The smallest absolute Gasteiger partial charge is 0.226 e. The topological polar surface area (TPSA) is 71.4 Å². The van der Waals surface area contributed by atoms with Gasteiger partial charge in [-0.3, -0.25) is 14.4 Å². The maximum Gasteiger partial charge on any atom is 0.226 e. The summed E-state index contributed by atoms with van der Waals surface area (Å²) in [4.78, 5) is 41.4. The molecular formula is C29H40ClN3O3. The summed E-state index contributed by atoms with van der Waals surface area (Å²) < 4.78 is 2.09. The quantitative estimate of drug-likeness (QED) is 0.445. The van der Waals surface area contributed by atoms with Crippen molar-refractivity contribution in [2.75, 3.05) is 13.6 Å². The third kappa shape index (κ3) is 5.55. The number of Topliss-reactive ketones (excluding diaryl/α,β-unsaturated/α-hetero) is 2. The minimum atomic E-state index is -0.250. The van der Waals surface area contributed by atoms with E-state index in [0.717, 1.165) is 61.5 Å². The molecule has 1 aliphatic heterocycles. The van der Waals surface area contributed by atoms with Crippen molar-refractivity contribution in [2.24, 2.45) is 11.8 Å². The molecule has 7 heteroatoms. The van der Waals surface area contributed by atoms with E-state index in [4.69, 9.17) is 11.6 Å². The fourth-order valence-corrected chi connectivity index (χ4v) is 6.31. The maximum atomic E-state index is 14.0. The van der Waals surface area contributed by atoms with Crippen LogP contribution in [-0.2, 0) is 16.1 Å². The van der Waals surface area contributed by atoms with Gasteiger partial charge in [-0.15, -0.1) is 0 Å². The highest BCUT2D eigenvalue weighted by Gasteiger charge is 2.39. The van der Waals surface area contributed by atoms with Crippen LogP contribution in [0.5, 0.6) is 0 Å². The number of aromatic nitrogens is 1. The second-order valence-electron chi connectivity index (χ2n) is 10.9. The summed E-state index contributed by atoms with van der Waals surface area (Å²) in [6.07, 6.45) is 9.63. The molecule has 1 saturated heterocycles. The molecule has 1 aromatic heterocycles. The molecule has 3 unspecified atom stereocenters. The van der Waals surface area contributed by atoms with E-state index in [-0.39, 0.29) is 41.4 Å². The van der Waals surface area contributed by atoms with Crippen molar-refractivity contribution >= 4 is 40.0 Å². The summed E-state index contributed by atoms with van der Waals surface area (Å²) in [7, 11) is 1.79. The number of halogens is 1. The molecule has 2 aliphatic rings. The molecule has 0 bridgehead atoms. The van der Waals surface area contributed by atoms with Gasteiger partial charge in [-0.25, -0.2) is 0 Å². The lowest BCUT2D eigenvalue weighted by Gasteiger charge is -2.35. The molecule has 6 nitrogen and oxygen atoms in total. The highest BCUT2D eigenvalue weighted by atomic mass is 35.5. The lowest BCUT2D eigenvalue weighted by atomic mass is 9.76. The van der Waals surface area contributed by atoms with Crippen molar-refractivity contribution < 1.29 is 14.4 Å². The number of ketones is 2. The van der Waals surface area contributed by atoms with Gasteiger partial charge in [-0.1, -0.05) is 30.9 Å². The van der Waals surface area contributed by atoms with Crippen LogP contribution in [0.1, 0.15) is 81.1 Å². The Balaban J connectivity index is 1.60. The Morgan fingerprint density at radius 2 is 1.83 bits per heavy atom. The lowest BCUT2D eigenvalue weighted by molar-refractivity contribution is -0.141. The largest absolute Gasteiger partial charge is 0.345 e. The number of fused-ring (bicyclic) bond motifs is 1. The zero-order chi connectivity index (χ0) is 26.0. The van der Waals surface area contributed by atoms with Gasteiger partial charge < -0.3 is 14.8 Å². The summed E-state index contributed by atoms with van der Waals surface area (Å²) in [6.45, 7) is 6.75. The Morgan fingerprint density at radius 1 is 1.11 bits per heavy atom. The minimum Gasteiger partial charge on any atom is -0.345 e. The van der Waals surface area contributed by atoms with Crippen LogP contribution in [0.3, 0.4) is 0 Å². The molecule has 1 amide bonds. The fourth-order valence-electron chi connectivity index (χ4n) is 6.15. The predicted octanol–water partition coefficient (Wildman–Crippen LogP) is 5.56. The van der Waals surface area contributed by atoms with Crippen LogP contribution in [0.4, 0.5) is 0 Å². The average molecular weight is 514 g/mol. The van der Waals surface area contributed by atoms with Crippen molar-refractivity contribution in [3.63, 3.8) is 0 Å². The van der Waals surface area contributed by atoms with E-state index in [0.29, 0.717) is 23.6 Å². The SMILES string of the molecule is CNC(C)C(=O)CC(C(=O)N1CCCC1Cn1cc(C(C)=O)c2cc(C)c(Cl)cc21)C1CCCCC1. The van der Waals surface area contributed by atoms with Gasteiger partial charge >= 0.3 is 0 Å². The summed E-state index contributed by atoms with van der Waals surface area (Å²) in [5.41, 5.74) is 2.56. The zero-order valence-electron chi connectivity index (χ0n) is 22.1. The van der Waals surface area contributed by atoms with E-state index in [9.17, 15) is 14.4 Å². The zero-order valence-corrected chi connectivity index (χ0v) is 22.9. The number of carbonyl (C=O) groups is 3. The van der Waals surface area contributed by atoms with Crippen LogP contribution < -0.4 is 5.32 Å². The van der Waals surface area contributed by atoms with E-state index in [1.807, 2.05) is 37.1 Å². The molecular weight excluding hydrogens is 474 g/mol. The number of hydrogen-bond donors (Lipinski definition) is 1. The number of likely N-dealkylation sites (tertiary alicyclic amines) is 1. The minimum absolute atomic E-state index is 0.0226. The third-order valence-corrected chi connectivity index (χ3v) is 8.89. The Bertz CT molecular complexity index is 1130. The average Bonchev–Trinajstić information content (AvgIpc) is 3.47. The summed E-state index contributed by atoms with van der Waals surface area (Å²) in [6, 6.07) is 3.71.